The fraction of sp³-hybridized carbons (Fsp3) is 0.593. The van der Waals surface area contributed by atoms with Crippen molar-refractivity contribution >= 4 is 11.0 Å². The summed E-state index contributed by atoms with van der Waals surface area (Å²) in [4.78, 5) is 12.2. The van der Waals surface area contributed by atoms with Crippen LogP contribution in [0.25, 0.3) is 22.4 Å². The zero-order valence-electron chi connectivity index (χ0n) is 19.6. The van der Waals surface area contributed by atoms with Gasteiger partial charge in [0.05, 0.1) is 0 Å². The second kappa shape index (κ2) is 13.9. The second-order valence-corrected chi connectivity index (χ2v) is 8.83. The summed E-state index contributed by atoms with van der Waals surface area (Å²) in [6.45, 7) is 2.27. The Morgan fingerprint density at radius 3 is 1.97 bits per heavy atom. The van der Waals surface area contributed by atoms with Gasteiger partial charge in [-0.2, -0.15) is 0 Å². The number of para-hydroxylation sites is 1. The zero-order chi connectivity index (χ0) is 22.4. The third kappa shape index (κ3) is 7.92. The number of hydrogen-bond acceptors (Lipinski definition) is 5. The smallest absolute Gasteiger partial charge is 0.349 e. The lowest BCUT2D eigenvalue weighted by atomic mass is 10.0. The molecule has 0 saturated heterocycles. The molecule has 0 aliphatic rings. The lowest BCUT2D eigenvalue weighted by Crippen LogP contribution is -2.02. The van der Waals surface area contributed by atoms with E-state index in [1.807, 2.05) is 18.2 Å². The Morgan fingerprint density at radius 2 is 1.31 bits per heavy atom. The molecule has 3 rings (SSSR count). The molecule has 5 heteroatoms. The maximum Gasteiger partial charge on any atom is 0.349 e. The van der Waals surface area contributed by atoms with Crippen LogP contribution in [0.15, 0.2) is 44.0 Å². The molecule has 0 aliphatic carbocycles. The zero-order valence-corrected chi connectivity index (χ0v) is 19.6. The molecule has 3 aromatic rings. The SMILES string of the molecule is CCCCCCCCCCCCCCCCc1nnc(-c2cc3ccccc3oc2=O)o1. The van der Waals surface area contributed by atoms with Crippen LogP contribution in [-0.2, 0) is 6.42 Å². The quantitative estimate of drug-likeness (QED) is 0.168. The molecule has 2 heterocycles. The standard InChI is InChI=1S/C27H38N2O3/c1-2-3-4-5-6-7-8-9-10-11-12-13-14-15-20-25-28-29-26(32-25)23-21-22-18-16-17-19-24(22)31-27(23)30/h16-19,21H,2-15,20H2,1H3. The third-order valence-corrected chi connectivity index (χ3v) is 6.08. The summed E-state index contributed by atoms with van der Waals surface area (Å²) < 4.78 is 11.1. The van der Waals surface area contributed by atoms with E-state index < -0.39 is 5.63 Å². The van der Waals surface area contributed by atoms with Gasteiger partial charge in [0.1, 0.15) is 11.1 Å². The van der Waals surface area contributed by atoms with Gasteiger partial charge < -0.3 is 8.83 Å². The molecule has 0 saturated carbocycles. The Labute approximate surface area is 191 Å². The predicted octanol–water partition coefficient (Wildman–Crippen LogP) is 7.87. The summed E-state index contributed by atoms with van der Waals surface area (Å²) in [7, 11) is 0. The van der Waals surface area contributed by atoms with Gasteiger partial charge in [-0.3, -0.25) is 0 Å². The highest BCUT2D eigenvalue weighted by atomic mass is 16.4. The van der Waals surface area contributed by atoms with Gasteiger partial charge in [-0.1, -0.05) is 109 Å². The number of aromatic nitrogens is 2. The van der Waals surface area contributed by atoms with Crippen molar-refractivity contribution in [2.24, 2.45) is 0 Å². The fourth-order valence-corrected chi connectivity index (χ4v) is 4.15. The van der Waals surface area contributed by atoms with Crippen molar-refractivity contribution in [3.8, 4) is 11.5 Å². The Kier molecular flexibility index (Phi) is 10.5. The topological polar surface area (TPSA) is 69.1 Å². The fourth-order valence-electron chi connectivity index (χ4n) is 4.15. The number of rotatable bonds is 16. The van der Waals surface area contributed by atoms with E-state index in [1.165, 1.54) is 83.5 Å². The van der Waals surface area contributed by atoms with Crippen LogP contribution in [-0.4, -0.2) is 10.2 Å². The van der Waals surface area contributed by atoms with Crippen LogP contribution in [0.3, 0.4) is 0 Å². The molecule has 32 heavy (non-hydrogen) atoms. The van der Waals surface area contributed by atoms with Gasteiger partial charge in [-0.15, -0.1) is 10.2 Å². The van der Waals surface area contributed by atoms with Gasteiger partial charge in [0.15, 0.2) is 0 Å². The van der Waals surface area contributed by atoms with E-state index in [0.717, 1.165) is 18.2 Å². The number of fused-ring (bicyclic) bond motifs is 1. The van der Waals surface area contributed by atoms with Crippen molar-refractivity contribution in [3.63, 3.8) is 0 Å². The Balaban J connectivity index is 1.27. The maximum absolute atomic E-state index is 12.2. The molecule has 0 atom stereocenters. The normalized spacial score (nSPS) is 11.4. The minimum atomic E-state index is -0.449. The number of hydrogen-bond donors (Lipinski definition) is 0. The molecule has 0 radical (unpaired) electrons. The molecule has 174 valence electrons. The van der Waals surface area contributed by atoms with Crippen molar-refractivity contribution in [2.45, 2.75) is 103 Å². The average Bonchev–Trinajstić information content (AvgIpc) is 3.27. The minimum Gasteiger partial charge on any atom is -0.422 e. The van der Waals surface area contributed by atoms with Gasteiger partial charge >= 0.3 is 5.63 Å². The van der Waals surface area contributed by atoms with Crippen LogP contribution < -0.4 is 5.63 Å². The summed E-state index contributed by atoms with van der Waals surface area (Å²) in [5.74, 6) is 0.830. The number of aryl methyl sites for hydroxylation is 1. The molecule has 2 aromatic heterocycles. The summed E-state index contributed by atoms with van der Waals surface area (Å²) in [6, 6.07) is 9.17. The molecule has 0 N–H and O–H groups in total. The van der Waals surface area contributed by atoms with E-state index in [1.54, 1.807) is 12.1 Å². The molecular formula is C27H38N2O3. The highest BCUT2D eigenvalue weighted by molar-refractivity contribution is 5.79. The molecule has 5 nitrogen and oxygen atoms in total. The van der Waals surface area contributed by atoms with Crippen LogP contribution in [0.5, 0.6) is 0 Å². The Bertz CT molecular complexity index is 976. The Hall–Kier alpha value is -2.43. The van der Waals surface area contributed by atoms with Crippen molar-refractivity contribution < 1.29 is 8.83 Å². The van der Waals surface area contributed by atoms with Crippen molar-refractivity contribution in [2.75, 3.05) is 0 Å². The molecule has 0 unspecified atom stereocenters. The first-order valence-electron chi connectivity index (χ1n) is 12.6. The minimum absolute atomic E-state index is 0.241. The molecular weight excluding hydrogens is 400 g/mol. The van der Waals surface area contributed by atoms with Gasteiger partial charge in [0, 0.05) is 11.8 Å². The third-order valence-electron chi connectivity index (χ3n) is 6.08. The van der Waals surface area contributed by atoms with Crippen molar-refractivity contribution in [1.82, 2.24) is 10.2 Å². The maximum atomic E-state index is 12.2. The van der Waals surface area contributed by atoms with Crippen LogP contribution in [0.1, 0.15) is 103 Å². The van der Waals surface area contributed by atoms with E-state index in [4.69, 9.17) is 8.83 Å². The van der Waals surface area contributed by atoms with Crippen molar-refractivity contribution in [1.29, 1.82) is 0 Å². The number of unbranched alkanes of at least 4 members (excludes halogenated alkanes) is 13. The monoisotopic (exact) mass is 438 g/mol. The van der Waals surface area contributed by atoms with Gasteiger partial charge in [-0.25, -0.2) is 4.79 Å². The summed E-state index contributed by atoms with van der Waals surface area (Å²) >= 11 is 0. The first kappa shape index (κ1) is 24.2. The summed E-state index contributed by atoms with van der Waals surface area (Å²) in [6.07, 6.45) is 19.4. The van der Waals surface area contributed by atoms with E-state index in [0.29, 0.717) is 17.0 Å². The molecule has 1 aromatic carbocycles. The van der Waals surface area contributed by atoms with Crippen LogP contribution in [0, 0.1) is 0 Å². The van der Waals surface area contributed by atoms with Gasteiger partial charge in [0.2, 0.25) is 5.89 Å². The average molecular weight is 439 g/mol. The second-order valence-electron chi connectivity index (χ2n) is 8.83. The first-order valence-corrected chi connectivity index (χ1v) is 12.6. The summed E-state index contributed by atoms with van der Waals surface area (Å²) in [5, 5.41) is 9.02. The van der Waals surface area contributed by atoms with E-state index in [9.17, 15) is 4.79 Å². The van der Waals surface area contributed by atoms with Gasteiger partial charge in [0.25, 0.3) is 5.89 Å². The molecule has 0 aliphatic heterocycles. The van der Waals surface area contributed by atoms with Crippen LogP contribution in [0.4, 0.5) is 0 Å². The highest BCUT2D eigenvalue weighted by Crippen LogP contribution is 2.21. The van der Waals surface area contributed by atoms with E-state index in [-0.39, 0.29) is 5.89 Å². The lowest BCUT2D eigenvalue weighted by Gasteiger charge is -2.03. The van der Waals surface area contributed by atoms with Gasteiger partial charge in [-0.05, 0) is 18.6 Å². The number of nitrogens with zero attached hydrogens (tertiary/aromatic N) is 2. The molecule has 0 bridgehead atoms. The largest absolute Gasteiger partial charge is 0.422 e. The molecule has 0 amide bonds. The van der Waals surface area contributed by atoms with E-state index in [2.05, 4.69) is 17.1 Å². The van der Waals surface area contributed by atoms with Crippen LogP contribution >= 0.6 is 0 Å². The first-order chi connectivity index (χ1) is 15.8. The highest BCUT2D eigenvalue weighted by Gasteiger charge is 2.14. The molecule has 0 spiro atoms. The van der Waals surface area contributed by atoms with Crippen LogP contribution in [0.2, 0.25) is 0 Å². The molecule has 0 fully saturated rings. The van der Waals surface area contributed by atoms with E-state index >= 15 is 0 Å². The lowest BCUT2D eigenvalue weighted by molar-refractivity contribution is 0.481. The predicted molar refractivity (Wildman–Crippen MR) is 130 cm³/mol. The summed E-state index contributed by atoms with van der Waals surface area (Å²) in [5.41, 5.74) is 0.433. The Morgan fingerprint density at radius 1 is 0.719 bits per heavy atom. The van der Waals surface area contributed by atoms with Crippen molar-refractivity contribution in [3.05, 3.63) is 46.6 Å². The number of benzene rings is 1.